The second kappa shape index (κ2) is 5.84. The summed E-state index contributed by atoms with van der Waals surface area (Å²) in [6.45, 7) is 3.51. The van der Waals surface area contributed by atoms with Gasteiger partial charge in [-0.25, -0.2) is 8.78 Å². The molecule has 0 radical (unpaired) electrons. The number of hydrogen-bond donors (Lipinski definition) is 1. The first-order chi connectivity index (χ1) is 7.60. The SMILES string of the molecule is CC[C@@H](c1ccc(OBO)cc1C)C(F)F. The molecule has 0 bridgehead atoms. The van der Waals surface area contributed by atoms with Crippen LogP contribution in [-0.2, 0) is 0 Å². The Balaban J connectivity index is 2.97. The zero-order chi connectivity index (χ0) is 12.1. The minimum Gasteiger partial charge on any atom is -0.539 e. The van der Waals surface area contributed by atoms with Crippen LogP contribution in [0.3, 0.4) is 0 Å². The van der Waals surface area contributed by atoms with Crippen LogP contribution in [0.1, 0.15) is 30.4 Å². The van der Waals surface area contributed by atoms with E-state index in [0.29, 0.717) is 17.7 Å². The molecule has 0 heterocycles. The van der Waals surface area contributed by atoms with Crippen molar-refractivity contribution >= 4 is 7.69 Å². The number of aryl methyl sites for hydroxylation is 1. The van der Waals surface area contributed by atoms with Crippen LogP contribution in [0.5, 0.6) is 5.75 Å². The Morgan fingerprint density at radius 2 is 2.12 bits per heavy atom. The van der Waals surface area contributed by atoms with Gasteiger partial charge in [-0.2, -0.15) is 0 Å². The van der Waals surface area contributed by atoms with E-state index in [2.05, 4.69) is 0 Å². The number of halogens is 2. The summed E-state index contributed by atoms with van der Waals surface area (Å²) in [5, 5.41) is 8.58. The van der Waals surface area contributed by atoms with E-state index in [1.165, 1.54) is 0 Å². The summed E-state index contributed by atoms with van der Waals surface area (Å²) in [6.07, 6.45) is -1.95. The maximum Gasteiger partial charge on any atom is 0.504 e. The third-order valence-electron chi connectivity index (χ3n) is 2.62. The molecule has 0 amide bonds. The van der Waals surface area contributed by atoms with Gasteiger partial charge in [0.1, 0.15) is 5.75 Å². The van der Waals surface area contributed by atoms with Crippen LogP contribution >= 0.6 is 0 Å². The fraction of sp³-hybridized carbons (Fsp3) is 0.455. The molecule has 1 rings (SSSR count). The Kier molecular flexibility index (Phi) is 4.74. The van der Waals surface area contributed by atoms with E-state index in [1.807, 2.05) is 0 Å². The van der Waals surface area contributed by atoms with Gasteiger partial charge >= 0.3 is 7.69 Å². The first-order valence-corrected chi connectivity index (χ1v) is 5.22. The molecule has 0 aliphatic carbocycles. The molecule has 1 aromatic carbocycles. The van der Waals surface area contributed by atoms with E-state index >= 15 is 0 Å². The van der Waals surface area contributed by atoms with Gasteiger partial charge in [-0.05, 0) is 36.6 Å². The number of hydrogen-bond acceptors (Lipinski definition) is 2. The fourth-order valence-corrected chi connectivity index (χ4v) is 1.76. The molecule has 0 saturated carbocycles. The molecule has 1 aromatic rings. The average molecular weight is 228 g/mol. The van der Waals surface area contributed by atoms with Gasteiger partial charge in [-0.1, -0.05) is 13.0 Å². The van der Waals surface area contributed by atoms with E-state index < -0.39 is 20.0 Å². The maximum atomic E-state index is 12.7. The summed E-state index contributed by atoms with van der Waals surface area (Å²) in [5.74, 6) is -0.240. The summed E-state index contributed by atoms with van der Waals surface area (Å²) in [7, 11) is -0.412. The third kappa shape index (κ3) is 2.95. The largest absolute Gasteiger partial charge is 0.539 e. The molecular weight excluding hydrogens is 213 g/mol. The van der Waals surface area contributed by atoms with Gasteiger partial charge in [0.25, 0.3) is 0 Å². The van der Waals surface area contributed by atoms with Crippen molar-refractivity contribution < 1.29 is 18.5 Å². The van der Waals surface area contributed by atoms with E-state index in [1.54, 1.807) is 32.0 Å². The predicted octanol–water partition coefficient (Wildman–Crippen LogP) is 2.39. The highest BCUT2D eigenvalue weighted by Gasteiger charge is 2.21. The molecule has 1 atom stereocenters. The van der Waals surface area contributed by atoms with Crippen LogP contribution in [0, 0.1) is 6.92 Å². The van der Waals surface area contributed by atoms with Crippen LogP contribution in [0.25, 0.3) is 0 Å². The fourth-order valence-electron chi connectivity index (χ4n) is 1.76. The lowest BCUT2D eigenvalue weighted by molar-refractivity contribution is 0.112. The smallest absolute Gasteiger partial charge is 0.504 e. The first kappa shape index (κ1) is 13.0. The lowest BCUT2D eigenvalue weighted by Gasteiger charge is -2.17. The monoisotopic (exact) mass is 228 g/mol. The molecule has 0 fully saturated rings. The number of benzene rings is 1. The van der Waals surface area contributed by atoms with E-state index in [0.717, 1.165) is 5.56 Å². The van der Waals surface area contributed by atoms with Crippen molar-refractivity contribution in [2.75, 3.05) is 0 Å². The Labute approximate surface area is 94.6 Å². The molecule has 16 heavy (non-hydrogen) atoms. The van der Waals surface area contributed by atoms with Crippen LogP contribution in [0.4, 0.5) is 8.78 Å². The first-order valence-electron chi connectivity index (χ1n) is 5.22. The molecule has 88 valence electrons. The third-order valence-corrected chi connectivity index (χ3v) is 2.62. The van der Waals surface area contributed by atoms with Crippen LogP contribution in [-0.4, -0.2) is 19.1 Å². The lowest BCUT2D eigenvalue weighted by atomic mass is 9.93. The molecule has 5 heteroatoms. The Bertz CT molecular complexity index is 345. The Morgan fingerprint density at radius 3 is 2.56 bits per heavy atom. The highest BCUT2D eigenvalue weighted by atomic mass is 19.3. The lowest BCUT2D eigenvalue weighted by Crippen LogP contribution is -2.10. The molecule has 0 spiro atoms. The minimum atomic E-state index is -2.35. The van der Waals surface area contributed by atoms with Crippen LogP contribution in [0.15, 0.2) is 18.2 Å². The molecule has 2 nitrogen and oxygen atoms in total. The van der Waals surface area contributed by atoms with Crippen molar-refractivity contribution in [1.29, 1.82) is 0 Å². The zero-order valence-corrected chi connectivity index (χ0v) is 9.41. The predicted molar refractivity (Wildman–Crippen MR) is 60.2 cm³/mol. The zero-order valence-electron chi connectivity index (χ0n) is 9.41. The summed E-state index contributed by atoms with van der Waals surface area (Å²) < 4.78 is 30.4. The molecular formula is C11H15BF2O2. The van der Waals surface area contributed by atoms with Gasteiger partial charge < -0.3 is 9.68 Å². The summed E-state index contributed by atoms with van der Waals surface area (Å²) >= 11 is 0. The van der Waals surface area contributed by atoms with Crippen molar-refractivity contribution in [3.63, 3.8) is 0 Å². The Morgan fingerprint density at radius 1 is 1.44 bits per heavy atom. The standard InChI is InChI=1S/C11H15BF2O2/c1-3-9(11(13)14)10-5-4-8(16-12-15)6-7(10)2/h4-6,9,11-12,15H,3H2,1-2H3/t9-/m0/s1. The van der Waals surface area contributed by atoms with Gasteiger partial charge in [-0.15, -0.1) is 0 Å². The van der Waals surface area contributed by atoms with E-state index in [9.17, 15) is 8.78 Å². The minimum absolute atomic E-state index is 0.401. The summed E-state index contributed by atoms with van der Waals surface area (Å²) in [4.78, 5) is 0. The van der Waals surface area contributed by atoms with Gasteiger partial charge in [0.15, 0.2) is 0 Å². The molecule has 1 N–H and O–H groups in total. The highest BCUT2D eigenvalue weighted by Crippen LogP contribution is 2.30. The number of alkyl halides is 2. The quantitative estimate of drug-likeness (QED) is 0.784. The van der Waals surface area contributed by atoms with E-state index in [-0.39, 0.29) is 0 Å². The highest BCUT2D eigenvalue weighted by molar-refractivity contribution is 6.17. The van der Waals surface area contributed by atoms with Crippen molar-refractivity contribution in [1.82, 2.24) is 0 Å². The van der Waals surface area contributed by atoms with Crippen molar-refractivity contribution in [3.8, 4) is 5.75 Å². The number of rotatable bonds is 5. The van der Waals surface area contributed by atoms with Crippen molar-refractivity contribution in [3.05, 3.63) is 29.3 Å². The van der Waals surface area contributed by atoms with Gasteiger partial charge in [-0.3, -0.25) is 0 Å². The second-order valence-electron chi connectivity index (χ2n) is 3.64. The molecule has 0 aliphatic rings. The Hall–Kier alpha value is -1.10. The van der Waals surface area contributed by atoms with Crippen molar-refractivity contribution in [2.45, 2.75) is 32.6 Å². The summed E-state index contributed by atoms with van der Waals surface area (Å²) in [5.41, 5.74) is 1.40. The summed E-state index contributed by atoms with van der Waals surface area (Å²) in [6, 6.07) is 4.90. The molecule has 0 aliphatic heterocycles. The second-order valence-corrected chi connectivity index (χ2v) is 3.64. The van der Waals surface area contributed by atoms with Gasteiger partial charge in [0, 0.05) is 5.92 Å². The molecule has 0 unspecified atom stereocenters. The van der Waals surface area contributed by atoms with Gasteiger partial charge in [0.05, 0.1) is 0 Å². The normalized spacial score (nSPS) is 12.6. The molecule has 0 saturated heterocycles. The average Bonchev–Trinajstić information content (AvgIpc) is 2.22. The van der Waals surface area contributed by atoms with Crippen LogP contribution in [0.2, 0.25) is 0 Å². The van der Waals surface area contributed by atoms with E-state index in [4.69, 9.17) is 9.68 Å². The molecule has 0 aromatic heterocycles. The maximum absolute atomic E-state index is 12.7. The van der Waals surface area contributed by atoms with Crippen molar-refractivity contribution in [2.24, 2.45) is 0 Å². The van der Waals surface area contributed by atoms with Gasteiger partial charge in [0.2, 0.25) is 6.43 Å². The van der Waals surface area contributed by atoms with Crippen LogP contribution < -0.4 is 4.65 Å². The topological polar surface area (TPSA) is 29.5 Å².